The first-order chi connectivity index (χ1) is 11.9. The number of Topliss-reactive ketones (excluding diaryl/α,β-unsaturated/α-hetero) is 2. The third kappa shape index (κ3) is 5.11. The number of aryl methyl sites for hydroxylation is 1. The fraction of sp³-hybridized carbons (Fsp3) is 0.286. The summed E-state index contributed by atoms with van der Waals surface area (Å²) in [6, 6.07) is 16.1. The first-order valence-electron chi connectivity index (χ1n) is 8.27. The second-order valence-corrected chi connectivity index (χ2v) is 6.42. The molecule has 4 nitrogen and oxygen atoms in total. The summed E-state index contributed by atoms with van der Waals surface area (Å²) in [5, 5.41) is 0. The van der Waals surface area contributed by atoms with Gasteiger partial charge in [0.2, 0.25) is 5.91 Å². The average molecular weight is 337 g/mol. The monoisotopic (exact) mass is 337 g/mol. The molecule has 0 bridgehead atoms. The SMILES string of the molecule is Cc1ccc(C(=O)CC(CC(=O)c2ccccc2)C(=O)N(C)C)cc1. The molecule has 0 spiro atoms. The fourth-order valence-electron chi connectivity index (χ4n) is 2.66. The zero-order chi connectivity index (χ0) is 18.4. The molecular formula is C21H23NO3. The first-order valence-corrected chi connectivity index (χ1v) is 8.27. The molecule has 1 amide bonds. The van der Waals surface area contributed by atoms with Crippen LogP contribution in [0.25, 0.3) is 0 Å². The third-order valence-corrected chi connectivity index (χ3v) is 4.12. The summed E-state index contributed by atoms with van der Waals surface area (Å²) in [4.78, 5) is 38.9. The normalized spacial score (nSPS) is 11.6. The molecule has 0 N–H and O–H groups in total. The third-order valence-electron chi connectivity index (χ3n) is 4.12. The van der Waals surface area contributed by atoms with Crippen LogP contribution in [0.15, 0.2) is 54.6 Å². The van der Waals surface area contributed by atoms with Crippen LogP contribution in [0.3, 0.4) is 0 Å². The van der Waals surface area contributed by atoms with E-state index < -0.39 is 5.92 Å². The lowest BCUT2D eigenvalue weighted by atomic mass is 9.90. The van der Waals surface area contributed by atoms with E-state index in [1.54, 1.807) is 50.5 Å². The van der Waals surface area contributed by atoms with Gasteiger partial charge in [-0.05, 0) is 6.92 Å². The molecule has 0 saturated carbocycles. The largest absolute Gasteiger partial charge is 0.349 e. The number of carbonyl (C=O) groups is 3. The molecule has 0 saturated heterocycles. The first kappa shape index (κ1) is 18.6. The molecule has 0 aliphatic carbocycles. The van der Waals surface area contributed by atoms with Crippen molar-refractivity contribution in [2.24, 2.45) is 5.92 Å². The molecule has 2 aromatic rings. The summed E-state index contributed by atoms with van der Waals surface area (Å²) >= 11 is 0. The van der Waals surface area contributed by atoms with E-state index in [1.807, 2.05) is 25.1 Å². The maximum absolute atomic E-state index is 12.5. The summed E-state index contributed by atoms with van der Waals surface area (Å²) in [5.74, 6) is -1.11. The molecule has 0 heterocycles. The smallest absolute Gasteiger partial charge is 0.226 e. The molecule has 130 valence electrons. The molecule has 4 heteroatoms. The second-order valence-electron chi connectivity index (χ2n) is 6.42. The average Bonchev–Trinajstić information content (AvgIpc) is 2.61. The highest BCUT2D eigenvalue weighted by molar-refractivity contribution is 6.02. The van der Waals surface area contributed by atoms with Crippen LogP contribution in [0.2, 0.25) is 0 Å². The number of hydrogen-bond donors (Lipinski definition) is 0. The Morgan fingerprint density at radius 3 is 1.76 bits per heavy atom. The lowest BCUT2D eigenvalue weighted by molar-refractivity contribution is -0.132. The van der Waals surface area contributed by atoms with Gasteiger partial charge < -0.3 is 4.90 Å². The Morgan fingerprint density at radius 1 is 0.800 bits per heavy atom. The van der Waals surface area contributed by atoms with Crippen molar-refractivity contribution in [3.05, 3.63) is 71.3 Å². The van der Waals surface area contributed by atoms with Gasteiger partial charge in [-0.15, -0.1) is 0 Å². The number of ketones is 2. The Balaban J connectivity index is 2.15. The molecule has 0 radical (unpaired) electrons. The summed E-state index contributed by atoms with van der Waals surface area (Å²) in [6.45, 7) is 1.95. The topological polar surface area (TPSA) is 54.5 Å². The molecule has 0 aromatic heterocycles. The van der Waals surface area contributed by atoms with Gasteiger partial charge >= 0.3 is 0 Å². The van der Waals surface area contributed by atoms with Crippen LogP contribution in [0.4, 0.5) is 0 Å². The van der Waals surface area contributed by atoms with Gasteiger partial charge in [0.05, 0.1) is 5.92 Å². The van der Waals surface area contributed by atoms with Crippen LogP contribution in [-0.4, -0.2) is 36.5 Å². The quantitative estimate of drug-likeness (QED) is 0.726. The van der Waals surface area contributed by atoms with Crippen molar-refractivity contribution in [1.82, 2.24) is 4.90 Å². The maximum Gasteiger partial charge on any atom is 0.226 e. The Kier molecular flexibility index (Phi) is 6.23. The van der Waals surface area contributed by atoms with Gasteiger partial charge in [0.25, 0.3) is 0 Å². The number of carbonyl (C=O) groups excluding carboxylic acids is 3. The van der Waals surface area contributed by atoms with Crippen molar-refractivity contribution in [2.45, 2.75) is 19.8 Å². The van der Waals surface area contributed by atoms with E-state index >= 15 is 0 Å². The Labute approximate surface area is 148 Å². The van der Waals surface area contributed by atoms with Gasteiger partial charge in [-0.2, -0.15) is 0 Å². The summed E-state index contributed by atoms with van der Waals surface area (Å²) in [6.07, 6.45) is 0.0529. The molecule has 0 aliphatic heterocycles. The van der Waals surface area contributed by atoms with Crippen LogP contribution < -0.4 is 0 Å². The van der Waals surface area contributed by atoms with Crippen LogP contribution in [0.1, 0.15) is 39.1 Å². The van der Waals surface area contributed by atoms with Gasteiger partial charge in [0, 0.05) is 38.1 Å². The van der Waals surface area contributed by atoms with E-state index in [-0.39, 0.29) is 30.3 Å². The van der Waals surface area contributed by atoms with Crippen LogP contribution >= 0.6 is 0 Å². The minimum absolute atomic E-state index is 0.0264. The second kappa shape index (κ2) is 8.38. The van der Waals surface area contributed by atoms with Crippen molar-refractivity contribution < 1.29 is 14.4 Å². The minimum Gasteiger partial charge on any atom is -0.349 e. The molecular weight excluding hydrogens is 314 g/mol. The zero-order valence-corrected chi connectivity index (χ0v) is 14.9. The van der Waals surface area contributed by atoms with Gasteiger partial charge in [-0.1, -0.05) is 60.2 Å². The Bertz CT molecular complexity index is 748. The van der Waals surface area contributed by atoms with Gasteiger partial charge in [0.1, 0.15) is 0 Å². The van der Waals surface area contributed by atoms with E-state index in [2.05, 4.69) is 0 Å². The molecule has 2 rings (SSSR count). The van der Waals surface area contributed by atoms with E-state index in [9.17, 15) is 14.4 Å². The molecule has 1 atom stereocenters. The van der Waals surface area contributed by atoms with Crippen molar-refractivity contribution in [3.63, 3.8) is 0 Å². The highest BCUT2D eigenvalue weighted by Gasteiger charge is 2.27. The highest BCUT2D eigenvalue weighted by atomic mass is 16.2. The number of rotatable bonds is 7. The van der Waals surface area contributed by atoms with Crippen molar-refractivity contribution >= 4 is 17.5 Å². The lowest BCUT2D eigenvalue weighted by Gasteiger charge is -2.19. The molecule has 25 heavy (non-hydrogen) atoms. The minimum atomic E-state index is -0.656. The summed E-state index contributed by atoms with van der Waals surface area (Å²) < 4.78 is 0. The van der Waals surface area contributed by atoms with Crippen LogP contribution in [0.5, 0.6) is 0 Å². The van der Waals surface area contributed by atoms with E-state index in [0.29, 0.717) is 11.1 Å². The summed E-state index contributed by atoms with van der Waals surface area (Å²) in [5.41, 5.74) is 2.19. The van der Waals surface area contributed by atoms with Crippen molar-refractivity contribution in [3.8, 4) is 0 Å². The number of hydrogen-bond acceptors (Lipinski definition) is 3. The van der Waals surface area contributed by atoms with Crippen molar-refractivity contribution in [2.75, 3.05) is 14.1 Å². The number of nitrogens with zero attached hydrogens (tertiary/aromatic N) is 1. The highest BCUT2D eigenvalue weighted by Crippen LogP contribution is 2.19. The van der Waals surface area contributed by atoms with E-state index in [0.717, 1.165) is 5.56 Å². The standard InChI is InChI=1S/C21H23NO3/c1-15-9-11-17(12-10-15)20(24)14-18(21(25)22(2)3)13-19(23)16-7-5-4-6-8-16/h4-12,18H,13-14H2,1-3H3. The summed E-state index contributed by atoms with van der Waals surface area (Å²) in [7, 11) is 3.28. The van der Waals surface area contributed by atoms with Crippen molar-refractivity contribution in [1.29, 1.82) is 0 Å². The Hall–Kier alpha value is -2.75. The number of benzene rings is 2. The van der Waals surface area contributed by atoms with E-state index in [4.69, 9.17) is 0 Å². The van der Waals surface area contributed by atoms with Crippen LogP contribution in [0, 0.1) is 12.8 Å². The molecule has 1 unspecified atom stereocenters. The van der Waals surface area contributed by atoms with E-state index in [1.165, 1.54) is 4.90 Å². The fourth-order valence-corrected chi connectivity index (χ4v) is 2.66. The van der Waals surface area contributed by atoms with Gasteiger partial charge in [-0.3, -0.25) is 14.4 Å². The zero-order valence-electron chi connectivity index (χ0n) is 14.9. The molecule has 0 fully saturated rings. The van der Waals surface area contributed by atoms with Gasteiger partial charge in [0.15, 0.2) is 11.6 Å². The molecule has 0 aliphatic rings. The molecule has 2 aromatic carbocycles. The predicted molar refractivity (Wildman–Crippen MR) is 97.7 cm³/mol. The van der Waals surface area contributed by atoms with Gasteiger partial charge in [-0.25, -0.2) is 0 Å². The maximum atomic E-state index is 12.5. The predicted octanol–water partition coefficient (Wildman–Crippen LogP) is 3.55. The number of amides is 1. The van der Waals surface area contributed by atoms with Crippen LogP contribution in [-0.2, 0) is 4.79 Å². The Morgan fingerprint density at radius 2 is 1.28 bits per heavy atom. The lowest BCUT2D eigenvalue weighted by Crippen LogP contribution is -2.32.